The van der Waals surface area contributed by atoms with Crippen molar-refractivity contribution in [1.82, 2.24) is 14.8 Å². The molecule has 10 nitrogen and oxygen atoms in total. The Morgan fingerprint density at radius 2 is 2.07 bits per heavy atom. The number of nitrogens with zero attached hydrogens (tertiary/aromatic N) is 4. The highest BCUT2D eigenvalue weighted by atomic mass is 32.2. The van der Waals surface area contributed by atoms with Gasteiger partial charge in [0, 0.05) is 30.2 Å². The normalized spacial score (nSPS) is 10.4. The molecule has 3 rings (SSSR count). The number of anilines is 1. The van der Waals surface area contributed by atoms with Gasteiger partial charge in [0.2, 0.25) is 11.8 Å². The summed E-state index contributed by atoms with van der Waals surface area (Å²) in [6.07, 6.45) is 4.85. The number of hydrogen-bond acceptors (Lipinski definition) is 7. The molecule has 142 valence electrons. The van der Waals surface area contributed by atoms with Crippen molar-refractivity contribution in [2.75, 3.05) is 11.1 Å². The Morgan fingerprint density at radius 1 is 1.25 bits per heavy atom. The van der Waals surface area contributed by atoms with Gasteiger partial charge >= 0.3 is 0 Å². The lowest BCUT2D eigenvalue weighted by Gasteiger charge is -2.10. The molecule has 1 aromatic carbocycles. The Labute approximate surface area is 162 Å². The molecule has 2 aromatic heterocycles. The van der Waals surface area contributed by atoms with Crippen molar-refractivity contribution in [2.24, 2.45) is 5.73 Å². The molecular weight excluding hydrogens is 384 g/mol. The van der Waals surface area contributed by atoms with Crippen molar-refractivity contribution >= 4 is 35.0 Å². The van der Waals surface area contributed by atoms with Crippen LogP contribution < -0.4 is 11.1 Å². The third-order valence-corrected chi connectivity index (χ3v) is 4.64. The Kier molecular flexibility index (Phi) is 5.65. The SMILES string of the molecule is NC(=O)c1ccc(SCC(=O)Nc2cccnc2-n2cccn2)c([N+](=O)[O-])c1. The molecular formula is C17H14N6O4S. The molecule has 3 aromatic rings. The van der Waals surface area contributed by atoms with E-state index in [1.54, 1.807) is 36.8 Å². The molecule has 0 saturated heterocycles. The van der Waals surface area contributed by atoms with Crippen LogP contribution in [-0.4, -0.2) is 37.3 Å². The second-order valence-electron chi connectivity index (χ2n) is 5.47. The minimum Gasteiger partial charge on any atom is -0.366 e. The first-order valence-electron chi connectivity index (χ1n) is 7.91. The number of nitrogens with one attached hydrogen (secondary N) is 1. The summed E-state index contributed by atoms with van der Waals surface area (Å²) in [7, 11) is 0. The van der Waals surface area contributed by atoms with Gasteiger partial charge in [0.15, 0.2) is 5.82 Å². The predicted octanol–water partition coefficient (Wildman–Crippen LogP) is 2.01. The third kappa shape index (κ3) is 4.32. The smallest absolute Gasteiger partial charge is 0.283 e. The number of amides is 2. The number of carbonyl (C=O) groups excluding carboxylic acids is 2. The van der Waals surface area contributed by atoms with E-state index < -0.39 is 10.8 Å². The fraction of sp³-hybridized carbons (Fsp3) is 0.0588. The van der Waals surface area contributed by atoms with E-state index in [1.165, 1.54) is 16.8 Å². The highest BCUT2D eigenvalue weighted by molar-refractivity contribution is 8.00. The molecule has 0 radical (unpaired) electrons. The maximum absolute atomic E-state index is 12.3. The molecule has 0 aliphatic carbocycles. The fourth-order valence-electron chi connectivity index (χ4n) is 2.34. The number of carbonyl (C=O) groups is 2. The molecule has 11 heteroatoms. The number of nitro groups is 1. The number of hydrogen-bond donors (Lipinski definition) is 2. The number of nitrogens with two attached hydrogens (primary N) is 1. The van der Waals surface area contributed by atoms with Gasteiger partial charge in [-0.2, -0.15) is 5.10 Å². The first kappa shape index (κ1) is 19.0. The lowest BCUT2D eigenvalue weighted by Crippen LogP contribution is -2.16. The number of aromatic nitrogens is 3. The van der Waals surface area contributed by atoms with E-state index in [9.17, 15) is 19.7 Å². The maximum atomic E-state index is 12.3. The zero-order valence-electron chi connectivity index (χ0n) is 14.3. The maximum Gasteiger partial charge on any atom is 0.283 e. The van der Waals surface area contributed by atoms with Crippen LogP contribution in [0.5, 0.6) is 0 Å². The van der Waals surface area contributed by atoms with E-state index in [4.69, 9.17) is 5.73 Å². The minimum atomic E-state index is -0.764. The second-order valence-corrected chi connectivity index (χ2v) is 6.48. The molecule has 0 spiro atoms. The van der Waals surface area contributed by atoms with E-state index in [0.717, 1.165) is 17.8 Å². The third-order valence-electron chi connectivity index (χ3n) is 3.58. The Hall–Kier alpha value is -3.73. The summed E-state index contributed by atoms with van der Waals surface area (Å²) >= 11 is 0.978. The summed E-state index contributed by atoms with van der Waals surface area (Å²) in [5.74, 6) is -0.771. The molecule has 0 bridgehead atoms. The molecule has 0 unspecified atom stereocenters. The van der Waals surface area contributed by atoms with Crippen LogP contribution in [0.15, 0.2) is 59.9 Å². The van der Waals surface area contributed by atoms with Gasteiger partial charge in [0.05, 0.1) is 21.3 Å². The Morgan fingerprint density at radius 3 is 2.75 bits per heavy atom. The van der Waals surface area contributed by atoms with Gasteiger partial charge in [0.25, 0.3) is 5.69 Å². The molecule has 0 fully saturated rings. The summed E-state index contributed by atoms with van der Waals surface area (Å²) in [6.45, 7) is 0. The molecule has 3 N–H and O–H groups in total. The number of rotatable bonds is 7. The van der Waals surface area contributed by atoms with Crippen LogP contribution in [0.4, 0.5) is 11.4 Å². The van der Waals surface area contributed by atoms with Gasteiger partial charge < -0.3 is 11.1 Å². The molecule has 0 saturated carbocycles. The van der Waals surface area contributed by atoms with Crippen LogP contribution in [0.3, 0.4) is 0 Å². The minimum absolute atomic E-state index is 0.0275. The molecule has 0 atom stereocenters. The first-order chi connectivity index (χ1) is 13.5. The summed E-state index contributed by atoms with van der Waals surface area (Å²) in [5.41, 5.74) is 5.35. The van der Waals surface area contributed by atoms with Crippen LogP contribution in [0.2, 0.25) is 0 Å². The van der Waals surface area contributed by atoms with E-state index in [1.807, 2.05) is 0 Å². The Bertz CT molecular complexity index is 1040. The Balaban J connectivity index is 1.72. The summed E-state index contributed by atoms with van der Waals surface area (Å²) in [6, 6.07) is 8.95. The van der Waals surface area contributed by atoms with Gasteiger partial charge in [-0.05, 0) is 30.3 Å². The average Bonchev–Trinajstić information content (AvgIpc) is 3.21. The second kappa shape index (κ2) is 8.31. The first-order valence-corrected chi connectivity index (χ1v) is 8.90. The topological polar surface area (TPSA) is 146 Å². The van der Waals surface area contributed by atoms with Crippen molar-refractivity contribution in [1.29, 1.82) is 0 Å². The van der Waals surface area contributed by atoms with Crippen molar-refractivity contribution < 1.29 is 14.5 Å². The van der Waals surface area contributed by atoms with Crippen LogP contribution in [0.25, 0.3) is 5.82 Å². The lowest BCUT2D eigenvalue weighted by atomic mass is 10.2. The predicted molar refractivity (Wildman–Crippen MR) is 102 cm³/mol. The van der Waals surface area contributed by atoms with Crippen LogP contribution in [0.1, 0.15) is 10.4 Å². The highest BCUT2D eigenvalue weighted by Gasteiger charge is 2.18. The standard InChI is InChI=1S/C17H14N6O4S/c18-16(25)11-4-5-14(13(9-11)23(26)27)28-10-15(24)21-12-3-1-6-19-17(12)22-8-2-7-20-22/h1-9H,10H2,(H2,18,25)(H,21,24). The van der Waals surface area contributed by atoms with Gasteiger partial charge in [-0.1, -0.05) is 0 Å². The van der Waals surface area contributed by atoms with Crippen LogP contribution >= 0.6 is 11.8 Å². The summed E-state index contributed by atoms with van der Waals surface area (Å²) in [4.78, 5) is 38.6. The van der Waals surface area contributed by atoms with E-state index in [2.05, 4.69) is 15.4 Å². The van der Waals surface area contributed by atoms with E-state index >= 15 is 0 Å². The molecule has 2 heterocycles. The number of primary amides is 1. The largest absolute Gasteiger partial charge is 0.366 e. The quantitative estimate of drug-likeness (QED) is 0.351. The molecule has 28 heavy (non-hydrogen) atoms. The van der Waals surface area contributed by atoms with Crippen molar-refractivity contribution in [3.05, 3.63) is 70.7 Å². The van der Waals surface area contributed by atoms with Crippen LogP contribution in [0, 0.1) is 10.1 Å². The van der Waals surface area contributed by atoms with Gasteiger partial charge in [-0.3, -0.25) is 19.7 Å². The zero-order valence-corrected chi connectivity index (χ0v) is 15.1. The molecule has 2 amide bonds. The summed E-state index contributed by atoms with van der Waals surface area (Å²) in [5, 5.41) is 18.0. The fourth-order valence-corrected chi connectivity index (χ4v) is 3.14. The van der Waals surface area contributed by atoms with Gasteiger partial charge in [-0.25, -0.2) is 9.67 Å². The van der Waals surface area contributed by atoms with Crippen molar-refractivity contribution in [2.45, 2.75) is 4.90 Å². The van der Waals surface area contributed by atoms with E-state index in [-0.39, 0.29) is 27.8 Å². The van der Waals surface area contributed by atoms with Gasteiger partial charge in [0.1, 0.15) is 0 Å². The molecule has 0 aliphatic rings. The number of nitro benzene ring substituents is 1. The molecule has 0 aliphatic heterocycles. The van der Waals surface area contributed by atoms with Crippen LogP contribution in [-0.2, 0) is 4.79 Å². The lowest BCUT2D eigenvalue weighted by molar-refractivity contribution is -0.387. The van der Waals surface area contributed by atoms with Crippen molar-refractivity contribution in [3.8, 4) is 5.82 Å². The van der Waals surface area contributed by atoms with E-state index in [0.29, 0.717) is 11.5 Å². The number of benzene rings is 1. The van der Waals surface area contributed by atoms with Gasteiger partial charge in [-0.15, -0.1) is 11.8 Å². The monoisotopic (exact) mass is 398 g/mol. The summed E-state index contributed by atoms with van der Waals surface area (Å²) < 4.78 is 1.51. The zero-order chi connectivity index (χ0) is 20.1. The average molecular weight is 398 g/mol. The number of thioether (sulfide) groups is 1. The highest BCUT2D eigenvalue weighted by Crippen LogP contribution is 2.30. The van der Waals surface area contributed by atoms with Crippen molar-refractivity contribution in [3.63, 3.8) is 0 Å². The number of pyridine rings is 1.